The number of pyridine rings is 4. The molecule has 2 saturated carbocycles. The lowest BCUT2D eigenvalue weighted by molar-refractivity contribution is 0.720. The van der Waals surface area contributed by atoms with Crippen LogP contribution in [0.4, 0.5) is 0 Å². The number of benzene rings is 6. The minimum absolute atomic E-state index is 0.539. The van der Waals surface area contributed by atoms with Crippen LogP contribution in [-0.4, -0.2) is 19.9 Å². The second-order valence-electron chi connectivity index (χ2n) is 18.7. The van der Waals surface area contributed by atoms with E-state index in [9.17, 15) is 0 Å². The van der Waals surface area contributed by atoms with Crippen LogP contribution in [0.1, 0.15) is 84.5 Å². The third-order valence-corrected chi connectivity index (χ3v) is 15.7. The molecule has 0 aliphatic heterocycles. The Kier molecular flexibility index (Phi) is 6.67. The van der Waals surface area contributed by atoms with Crippen LogP contribution in [0.5, 0.6) is 0 Å². The molecule has 4 aromatic heterocycles. The fourth-order valence-corrected chi connectivity index (χ4v) is 13.2. The summed E-state index contributed by atoms with van der Waals surface area (Å²) in [5, 5.41) is 4.87. The van der Waals surface area contributed by atoms with Gasteiger partial charge in [0.05, 0.1) is 33.5 Å². The summed E-state index contributed by atoms with van der Waals surface area (Å²) in [6.45, 7) is 0. The molecule has 0 spiro atoms. The summed E-state index contributed by atoms with van der Waals surface area (Å²) >= 11 is 0. The molecule has 0 amide bonds. The Morgan fingerprint density at radius 2 is 0.742 bits per heavy atom. The first-order valence-electron chi connectivity index (χ1n) is 22.6. The van der Waals surface area contributed by atoms with Crippen molar-refractivity contribution < 1.29 is 0 Å². The highest BCUT2D eigenvalue weighted by atomic mass is 14.8. The molecule has 292 valence electrons. The van der Waals surface area contributed by atoms with Gasteiger partial charge in [-0.25, -0.2) is 9.97 Å². The summed E-state index contributed by atoms with van der Waals surface area (Å²) in [5.74, 6) is 2.24. The van der Waals surface area contributed by atoms with E-state index < -0.39 is 0 Å². The molecule has 4 heteroatoms. The summed E-state index contributed by atoms with van der Waals surface area (Å²) in [5.41, 5.74) is 24.7. The minimum Gasteiger partial charge on any atom is -0.254 e. The zero-order chi connectivity index (χ0) is 40.2. The standard InChI is InChI=1S/C58H40N4/c1-3-11-41-39(9-1)40-10-2-4-12-42(40)44-22-20-38(54-52-36-16-14-34(28-36)50(52)46-24-18-32-8-6-26-60-56(32)58(46)62-54)30-48(44)47-29-37(19-21-43(41)47)53-51-35-15-13-33(27-35)49(51)45-23-17-31-7-5-25-59-55(31)57(45)61-53/h1-12,17-26,29-30,33-36H,13-16,27-28H2. The SMILES string of the molecule is c1ccc2c(c1)-c1ccccc1-c1ccc(-c3nc4c(ccc5cccnc54)c4c3C3CCC4C3)cc1-c1cc(-c3nc4c(ccc5cccnc54)c4c3C3CCC4C3)ccc1-2. The van der Waals surface area contributed by atoms with E-state index in [4.69, 9.17) is 19.9 Å². The van der Waals surface area contributed by atoms with Gasteiger partial charge >= 0.3 is 0 Å². The van der Waals surface area contributed by atoms with Crippen LogP contribution in [-0.2, 0) is 0 Å². The number of rotatable bonds is 2. The summed E-state index contributed by atoms with van der Waals surface area (Å²) < 4.78 is 0. The van der Waals surface area contributed by atoms with Gasteiger partial charge in [-0.15, -0.1) is 0 Å². The van der Waals surface area contributed by atoms with Gasteiger partial charge in [-0.2, -0.15) is 0 Å². The Balaban J connectivity index is 1.03. The summed E-state index contributed by atoms with van der Waals surface area (Å²) in [7, 11) is 0. The Hall–Kier alpha value is -7.04. The second-order valence-corrected chi connectivity index (χ2v) is 18.7. The first-order chi connectivity index (χ1) is 30.7. The van der Waals surface area contributed by atoms with Crippen molar-refractivity contribution in [3.63, 3.8) is 0 Å². The highest BCUT2D eigenvalue weighted by Crippen LogP contribution is 2.60. The van der Waals surface area contributed by atoms with E-state index in [-0.39, 0.29) is 0 Å². The summed E-state index contributed by atoms with van der Waals surface area (Å²) in [6.07, 6.45) is 11.3. The quantitative estimate of drug-likeness (QED) is 0.164. The molecule has 62 heavy (non-hydrogen) atoms. The molecule has 4 atom stereocenters. The third-order valence-electron chi connectivity index (χ3n) is 15.7. The third kappa shape index (κ3) is 4.46. The van der Waals surface area contributed by atoms with Crippen LogP contribution in [0, 0.1) is 0 Å². The first kappa shape index (κ1) is 33.7. The van der Waals surface area contributed by atoms with E-state index in [1.54, 1.807) is 0 Å². The van der Waals surface area contributed by atoms with Crippen LogP contribution in [0.15, 0.2) is 146 Å². The van der Waals surface area contributed by atoms with Crippen molar-refractivity contribution in [2.75, 3.05) is 0 Å². The Morgan fingerprint density at radius 3 is 1.18 bits per heavy atom. The number of aromatic nitrogens is 4. The van der Waals surface area contributed by atoms with Gasteiger partial charge in [0.25, 0.3) is 0 Å². The summed E-state index contributed by atoms with van der Waals surface area (Å²) in [4.78, 5) is 21.3. The lowest BCUT2D eigenvalue weighted by Gasteiger charge is -2.26. The van der Waals surface area contributed by atoms with Crippen molar-refractivity contribution in [2.24, 2.45) is 0 Å². The van der Waals surface area contributed by atoms with E-state index in [2.05, 4.69) is 121 Å². The van der Waals surface area contributed by atoms with Gasteiger partial charge in [-0.3, -0.25) is 9.97 Å². The molecule has 4 nitrogen and oxygen atoms in total. The fraction of sp³-hybridized carbons (Fsp3) is 0.172. The average Bonchev–Trinajstić information content (AvgIpc) is 4.17. The van der Waals surface area contributed by atoms with E-state index in [1.165, 1.54) is 127 Å². The molecule has 15 rings (SSSR count). The van der Waals surface area contributed by atoms with Crippen molar-refractivity contribution in [3.8, 4) is 67.0 Å². The first-order valence-corrected chi connectivity index (χ1v) is 22.6. The lowest BCUT2D eigenvalue weighted by Crippen LogP contribution is -2.06. The minimum atomic E-state index is 0.539. The summed E-state index contributed by atoms with van der Waals surface area (Å²) in [6, 6.07) is 50.0. The average molecular weight is 793 g/mol. The van der Waals surface area contributed by atoms with Crippen LogP contribution in [0.2, 0.25) is 0 Å². The van der Waals surface area contributed by atoms with E-state index in [0.29, 0.717) is 23.7 Å². The maximum atomic E-state index is 5.69. The molecule has 4 bridgehead atoms. The topological polar surface area (TPSA) is 51.6 Å². The van der Waals surface area contributed by atoms with Crippen LogP contribution in [0.25, 0.3) is 111 Å². The van der Waals surface area contributed by atoms with Crippen molar-refractivity contribution in [1.29, 1.82) is 0 Å². The molecule has 10 aromatic rings. The Labute approximate surface area is 359 Å². The molecule has 5 aliphatic carbocycles. The smallest absolute Gasteiger partial charge is 0.0975 e. The number of nitrogens with zero attached hydrogens (tertiary/aromatic N) is 4. The molecule has 0 saturated heterocycles. The van der Waals surface area contributed by atoms with E-state index >= 15 is 0 Å². The van der Waals surface area contributed by atoms with Crippen molar-refractivity contribution in [1.82, 2.24) is 19.9 Å². The van der Waals surface area contributed by atoms with Gasteiger partial charge in [0.1, 0.15) is 0 Å². The molecule has 6 aromatic carbocycles. The van der Waals surface area contributed by atoms with Gasteiger partial charge in [0.15, 0.2) is 0 Å². The van der Waals surface area contributed by atoms with Gasteiger partial charge < -0.3 is 0 Å². The lowest BCUT2D eigenvalue weighted by atomic mass is 9.78. The number of hydrogen-bond acceptors (Lipinski definition) is 4. The zero-order valence-electron chi connectivity index (χ0n) is 34.2. The molecule has 2 fully saturated rings. The highest BCUT2D eigenvalue weighted by Gasteiger charge is 2.42. The Bertz CT molecular complexity index is 3400. The van der Waals surface area contributed by atoms with E-state index in [0.717, 1.165) is 44.2 Å². The van der Waals surface area contributed by atoms with Crippen molar-refractivity contribution in [2.45, 2.75) is 62.2 Å². The maximum Gasteiger partial charge on any atom is 0.0975 e. The normalized spacial score (nSPS) is 19.9. The van der Waals surface area contributed by atoms with Crippen molar-refractivity contribution in [3.05, 3.63) is 168 Å². The molecule has 4 heterocycles. The van der Waals surface area contributed by atoms with Gasteiger partial charge in [-0.1, -0.05) is 109 Å². The predicted octanol–water partition coefficient (Wildman–Crippen LogP) is 14.9. The second kappa shape index (κ2) is 12.3. The Morgan fingerprint density at radius 1 is 0.339 bits per heavy atom. The largest absolute Gasteiger partial charge is 0.254 e. The van der Waals surface area contributed by atoms with Gasteiger partial charge in [0.2, 0.25) is 0 Å². The van der Waals surface area contributed by atoms with Gasteiger partial charge in [-0.05, 0) is 153 Å². The molecule has 5 aliphatic rings. The predicted molar refractivity (Wildman–Crippen MR) is 252 cm³/mol. The van der Waals surface area contributed by atoms with Crippen LogP contribution >= 0.6 is 0 Å². The van der Waals surface area contributed by atoms with E-state index in [1.807, 2.05) is 24.5 Å². The molecular formula is C58H40N4. The number of hydrogen-bond donors (Lipinski definition) is 0. The number of fused-ring (bicyclic) bond motifs is 26. The highest BCUT2D eigenvalue weighted by molar-refractivity contribution is 6.09. The molecule has 0 radical (unpaired) electrons. The molecular weight excluding hydrogens is 753 g/mol. The fourth-order valence-electron chi connectivity index (χ4n) is 13.2. The maximum absolute atomic E-state index is 5.69. The van der Waals surface area contributed by atoms with Gasteiger partial charge in [0, 0.05) is 45.1 Å². The van der Waals surface area contributed by atoms with Crippen molar-refractivity contribution >= 4 is 43.6 Å². The monoisotopic (exact) mass is 792 g/mol. The van der Waals surface area contributed by atoms with Crippen LogP contribution in [0.3, 0.4) is 0 Å². The van der Waals surface area contributed by atoms with Crippen LogP contribution < -0.4 is 0 Å². The molecule has 0 N–H and O–H groups in total. The molecule has 4 unspecified atom stereocenters. The zero-order valence-corrected chi connectivity index (χ0v) is 34.2.